The van der Waals surface area contributed by atoms with Crippen LogP contribution in [0.5, 0.6) is 0 Å². The van der Waals surface area contributed by atoms with Gasteiger partial charge in [-0.25, -0.2) is 4.98 Å². The third kappa shape index (κ3) is 2.28. The average molecular weight is 297 g/mol. The van der Waals surface area contributed by atoms with Gasteiger partial charge in [0, 0.05) is 10.7 Å². The molecule has 0 saturated carbocycles. The number of pyridine rings is 1. The van der Waals surface area contributed by atoms with E-state index in [-0.39, 0.29) is 0 Å². The first kappa shape index (κ1) is 11.6. The molecule has 0 atom stereocenters. The van der Waals surface area contributed by atoms with Crippen molar-refractivity contribution in [3.8, 4) is 11.1 Å². The summed E-state index contributed by atoms with van der Waals surface area (Å²) in [6.07, 6.45) is 1.73. The van der Waals surface area contributed by atoms with Gasteiger partial charge in [0.15, 0.2) is 0 Å². The Kier molecular flexibility index (Phi) is 3.31. The van der Waals surface area contributed by atoms with Crippen molar-refractivity contribution in [1.82, 2.24) is 4.98 Å². The molecule has 3 heteroatoms. The van der Waals surface area contributed by atoms with Crippen LogP contribution in [-0.2, 0) is 0 Å². The van der Waals surface area contributed by atoms with E-state index in [4.69, 9.17) is 11.6 Å². The fourth-order valence-electron chi connectivity index (χ4n) is 1.66. The zero-order valence-corrected chi connectivity index (χ0v) is 11.4. The molecule has 0 aliphatic rings. The second-order valence-electron chi connectivity index (χ2n) is 3.78. The van der Waals surface area contributed by atoms with E-state index in [2.05, 4.69) is 46.9 Å². The number of aromatic nitrogens is 1. The lowest BCUT2D eigenvalue weighted by molar-refractivity contribution is 1.31. The van der Waals surface area contributed by atoms with E-state index >= 15 is 0 Å². The Bertz CT molecular complexity index is 537. The fourth-order valence-corrected chi connectivity index (χ4v) is 2.29. The summed E-state index contributed by atoms with van der Waals surface area (Å²) in [5.74, 6) is 0. The van der Waals surface area contributed by atoms with Gasteiger partial charge in [0.05, 0.1) is 0 Å². The molecule has 16 heavy (non-hydrogen) atoms. The molecule has 1 aromatic carbocycles. The van der Waals surface area contributed by atoms with Crippen LogP contribution in [0.3, 0.4) is 0 Å². The summed E-state index contributed by atoms with van der Waals surface area (Å²) in [6, 6.07) is 8.14. The normalized spacial score (nSPS) is 10.5. The number of hydrogen-bond acceptors (Lipinski definition) is 1. The Morgan fingerprint density at radius 3 is 2.56 bits per heavy atom. The molecule has 0 fully saturated rings. The van der Waals surface area contributed by atoms with Crippen molar-refractivity contribution in [3.05, 3.63) is 51.2 Å². The zero-order valence-electron chi connectivity index (χ0n) is 9.09. The highest BCUT2D eigenvalue weighted by molar-refractivity contribution is 9.10. The minimum atomic E-state index is 0.525. The highest BCUT2D eigenvalue weighted by atomic mass is 79.9. The van der Waals surface area contributed by atoms with Gasteiger partial charge in [-0.1, -0.05) is 33.6 Å². The number of aryl methyl sites for hydroxylation is 2. The van der Waals surface area contributed by atoms with Gasteiger partial charge in [0.1, 0.15) is 5.15 Å². The van der Waals surface area contributed by atoms with E-state index in [1.165, 1.54) is 16.7 Å². The molecule has 0 spiro atoms. The van der Waals surface area contributed by atoms with Gasteiger partial charge in [-0.05, 0) is 54.3 Å². The topological polar surface area (TPSA) is 12.9 Å². The average Bonchev–Trinajstić information content (AvgIpc) is 2.23. The van der Waals surface area contributed by atoms with Gasteiger partial charge < -0.3 is 0 Å². The largest absolute Gasteiger partial charge is 0.245 e. The highest BCUT2D eigenvalue weighted by Crippen LogP contribution is 2.29. The van der Waals surface area contributed by atoms with Crippen molar-refractivity contribution >= 4 is 27.5 Å². The molecule has 0 unspecified atom stereocenters. The first-order chi connectivity index (χ1) is 7.58. The van der Waals surface area contributed by atoms with Crippen LogP contribution in [0.2, 0.25) is 5.15 Å². The molecule has 82 valence electrons. The maximum absolute atomic E-state index is 5.90. The Hall–Kier alpha value is -0.860. The molecule has 1 nitrogen and oxygen atoms in total. The Morgan fingerprint density at radius 1 is 1.12 bits per heavy atom. The summed E-state index contributed by atoms with van der Waals surface area (Å²) >= 11 is 9.43. The molecule has 0 N–H and O–H groups in total. The minimum absolute atomic E-state index is 0.525. The van der Waals surface area contributed by atoms with E-state index in [1.54, 1.807) is 6.20 Å². The lowest BCUT2D eigenvalue weighted by atomic mass is 9.99. The van der Waals surface area contributed by atoms with Gasteiger partial charge in [-0.2, -0.15) is 0 Å². The third-order valence-electron chi connectivity index (χ3n) is 2.54. The van der Waals surface area contributed by atoms with Gasteiger partial charge in [-0.3, -0.25) is 0 Å². The first-order valence-corrected chi connectivity index (χ1v) is 6.13. The lowest BCUT2D eigenvalue weighted by Gasteiger charge is -2.09. The molecule has 1 aromatic heterocycles. The Morgan fingerprint density at radius 2 is 1.88 bits per heavy atom. The molecule has 0 bridgehead atoms. The summed E-state index contributed by atoms with van der Waals surface area (Å²) < 4.78 is 1.13. The van der Waals surface area contributed by atoms with Crippen molar-refractivity contribution in [3.63, 3.8) is 0 Å². The summed E-state index contributed by atoms with van der Waals surface area (Å²) in [7, 11) is 0. The van der Waals surface area contributed by atoms with Crippen molar-refractivity contribution in [2.24, 2.45) is 0 Å². The van der Waals surface area contributed by atoms with Crippen molar-refractivity contribution in [1.29, 1.82) is 0 Å². The number of rotatable bonds is 1. The molecule has 2 rings (SSSR count). The van der Waals surface area contributed by atoms with Crippen molar-refractivity contribution < 1.29 is 0 Å². The minimum Gasteiger partial charge on any atom is -0.245 e. The van der Waals surface area contributed by atoms with Crippen molar-refractivity contribution in [2.45, 2.75) is 13.8 Å². The number of nitrogens with zero attached hydrogens (tertiary/aromatic N) is 1. The smallest absolute Gasteiger partial charge is 0.129 e. The maximum atomic E-state index is 5.90. The zero-order chi connectivity index (χ0) is 11.7. The Labute approximate surface area is 109 Å². The maximum Gasteiger partial charge on any atom is 0.129 e. The number of benzene rings is 1. The second kappa shape index (κ2) is 4.56. The molecule has 0 saturated heterocycles. The Balaban J connectivity index is 2.60. The van der Waals surface area contributed by atoms with E-state index in [9.17, 15) is 0 Å². The van der Waals surface area contributed by atoms with E-state index in [0.29, 0.717) is 5.15 Å². The third-order valence-corrected chi connectivity index (χ3v) is 3.60. The standard InChI is InChI=1S/C13H11BrClN/c1-8-6-12(14)9(2)5-11(8)10-3-4-16-13(15)7-10/h3-7H,1-2H3. The van der Waals surface area contributed by atoms with E-state index < -0.39 is 0 Å². The van der Waals surface area contributed by atoms with Gasteiger partial charge >= 0.3 is 0 Å². The van der Waals surface area contributed by atoms with Crippen LogP contribution in [0, 0.1) is 13.8 Å². The lowest BCUT2D eigenvalue weighted by Crippen LogP contribution is -1.87. The van der Waals surface area contributed by atoms with Gasteiger partial charge in [0.25, 0.3) is 0 Å². The number of halogens is 2. The van der Waals surface area contributed by atoms with Crippen LogP contribution in [0.15, 0.2) is 34.9 Å². The molecule has 1 heterocycles. The van der Waals surface area contributed by atoms with Crippen LogP contribution in [0.25, 0.3) is 11.1 Å². The fraction of sp³-hybridized carbons (Fsp3) is 0.154. The molecule has 2 aromatic rings. The highest BCUT2D eigenvalue weighted by Gasteiger charge is 2.05. The SMILES string of the molecule is Cc1cc(-c2ccnc(Cl)c2)c(C)cc1Br. The summed E-state index contributed by atoms with van der Waals surface area (Å²) in [6.45, 7) is 4.17. The summed E-state index contributed by atoms with van der Waals surface area (Å²) in [5, 5.41) is 0.525. The molecule has 0 aliphatic carbocycles. The van der Waals surface area contributed by atoms with Crippen LogP contribution in [0.4, 0.5) is 0 Å². The van der Waals surface area contributed by atoms with Crippen LogP contribution in [0.1, 0.15) is 11.1 Å². The first-order valence-electron chi connectivity index (χ1n) is 4.96. The van der Waals surface area contributed by atoms with Crippen molar-refractivity contribution in [2.75, 3.05) is 0 Å². The van der Waals surface area contributed by atoms with E-state index in [0.717, 1.165) is 10.0 Å². The molecular formula is C13H11BrClN. The summed E-state index contributed by atoms with van der Waals surface area (Å²) in [4.78, 5) is 3.99. The second-order valence-corrected chi connectivity index (χ2v) is 5.03. The molecular weight excluding hydrogens is 286 g/mol. The van der Waals surface area contributed by atoms with Crippen LogP contribution < -0.4 is 0 Å². The quantitative estimate of drug-likeness (QED) is 0.690. The predicted octanol–water partition coefficient (Wildman–Crippen LogP) is 4.78. The van der Waals surface area contributed by atoms with Gasteiger partial charge in [0.2, 0.25) is 0 Å². The predicted molar refractivity (Wildman–Crippen MR) is 71.9 cm³/mol. The van der Waals surface area contributed by atoms with Crippen LogP contribution >= 0.6 is 27.5 Å². The van der Waals surface area contributed by atoms with Crippen LogP contribution in [-0.4, -0.2) is 4.98 Å². The monoisotopic (exact) mass is 295 g/mol. The molecule has 0 amide bonds. The number of hydrogen-bond donors (Lipinski definition) is 0. The summed E-state index contributed by atoms with van der Waals surface area (Å²) in [5.41, 5.74) is 4.74. The van der Waals surface area contributed by atoms with Gasteiger partial charge in [-0.15, -0.1) is 0 Å². The van der Waals surface area contributed by atoms with E-state index in [1.807, 2.05) is 12.1 Å². The molecule has 0 radical (unpaired) electrons. The molecule has 0 aliphatic heterocycles.